The summed E-state index contributed by atoms with van der Waals surface area (Å²) in [6.45, 7) is 5.58. The second-order valence-corrected chi connectivity index (χ2v) is 8.03. The van der Waals surface area contributed by atoms with Gasteiger partial charge in [-0.2, -0.15) is 0 Å². The highest BCUT2D eigenvalue weighted by atomic mass is 16.6. The smallest absolute Gasteiger partial charge is 0.411 e. The van der Waals surface area contributed by atoms with Gasteiger partial charge in [-0.25, -0.2) is 9.59 Å². The molecule has 156 valence electrons. The zero-order chi connectivity index (χ0) is 21.2. The standard InChI is InChI=1S/C21H27N3O5/c1-21(2,3)29-20(26)24-13-15(12-18(24)19(25)27-5)28-14-8-9-22-16(11-14)17-7-6-10-23(17)4/h6-11,15,18H,12-13H2,1-5H3. The number of hydrogen-bond donors (Lipinski definition) is 0. The minimum absolute atomic E-state index is 0.233. The van der Waals surface area contributed by atoms with Gasteiger partial charge in [-0.05, 0) is 39.0 Å². The summed E-state index contributed by atoms with van der Waals surface area (Å²) in [6, 6.07) is 6.78. The number of pyridine rings is 1. The molecule has 1 amide bonds. The molecule has 0 spiro atoms. The SMILES string of the molecule is COC(=O)C1CC(Oc2ccnc(-c3cccn3C)c2)CN1C(=O)OC(C)(C)C. The summed E-state index contributed by atoms with van der Waals surface area (Å²) in [5.74, 6) is 0.136. The Labute approximate surface area is 170 Å². The molecule has 0 saturated carbocycles. The van der Waals surface area contributed by atoms with Crippen molar-refractivity contribution in [1.82, 2.24) is 14.5 Å². The number of rotatable bonds is 4. The monoisotopic (exact) mass is 401 g/mol. The van der Waals surface area contributed by atoms with Gasteiger partial charge in [0.2, 0.25) is 0 Å². The van der Waals surface area contributed by atoms with Crippen LogP contribution in [-0.2, 0) is 21.3 Å². The van der Waals surface area contributed by atoms with E-state index in [0.29, 0.717) is 12.2 Å². The molecular weight excluding hydrogens is 374 g/mol. The van der Waals surface area contributed by atoms with Crippen LogP contribution in [0.25, 0.3) is 11.4 Å². The number of hydrogen-bond acceptors (Lipinski definition) is 6. The molecule has 1 aliphatic heterocycles. The number of nitrogens with zero attached hydrogens (tertiary/aromatic N) is 3. The van der Waals surface area contributed by atoms with Crippen molar-refractivity contribution in [2.45, 2.75) is 44.9 Å². The number of amides is 1. The molecule has 1 saturated heterocycles. The Morgan fingerprint density at radius 3 is 2.62 bits per heavy atom. The largest absolute Gasteiger partial charge is 0.488 e. The van der Waals surface area contributed by atoms with Crippen LogP contribution in [-0.4, -0.2) is 57.9 Å². The Morgan fingerprint density at radius 1 is 1.24 bits per heavy atom. The Kier molecular flexibility index (Phi) is 5.81. The molecule has 3 rings (SSSR count). The highest BCUT2D eigenvalue weighted by molar-refractivity contribution is 5.82. The second-order valence-electron chi connectivity index (χ2n) is 8.03. The van der Waals surface area contributed by atoms with Crippen LogP contribution in [0.15, 0.2) is 36.7 Å². The van der Waals surface area contributed by atoms with Gasteiger partial charge in [-0.1, -0.05) is 0 Å². The minimum Gasteiger partial charge on any atom is -0.488 e. The average Bonchev–Trinajstić information content (AvgIpc) is 3.26. The molecule has 1 fully saturated rings. The summed E-state index contributed by atoms with van der Waals surface area (Å²) in [5, 5.41) is 0. The molecule has 3 heterocycles. The van der Waals surface area contributed by atoms with Crippen LogP contribution in [0.4, 0.5) is 4.79 Å². The molecule has 2 aromatic heterocycles. The van der Waals surface area contributed by atoms with Crippen molar-refractivity contribution in [1.29, 1.82) is 0 Å². The molecule has 0 aliphatic carbocycles. The third kappa shape index (κ3) is 4.88. The number of carbonyl (C=O) groups is 2. The van der Waals surface area contributed by atoms with Crippen molar-refractivity contribution in [3.8, 4) is 17.1 Å². The van der Waals surface area contributed by atoms with Crippen LogP contribution < -0.4 is 4.74 Å². The van der Waals surface area contributed by atoms with Crippen molar-refractivity contribution in [3.63, 3.8) is 0 Å². The summed E-state index contributed by atoms with van der Waals surface area (Å²) in [7, 11) is 3.25. The fourth-order valence-corrected chi connectivity index (χ4v) is 3.31. The molecule has 0 N–H and O–H groups in total. The van der Waals surface area contributed by atoms with E-state index in [1.165, 1.54) is 12.0 Å². The van der Waals surface area contributed by atoms with Gasteiger partial charge in [0, 0.05) is 31.9 Å². The van der Waals surface area contributed by atoms with Gasteiger partial charge in [0.05, 0.1) is 25.0 Å². The van der Waals surface area contributed by atoms with Gasteiger partial charge in [-0.3, -0.25) is 9.88 Å². The number of ether oxygens (including phenoxy) is 3. The van der Waals surface area contributed by atoms with Crippen LogP contribution in [0.3, 0.4) is 0 Å². The summed E-state index contributed by atoms with van der Waals surface area (Å²) in [4.78, 5) is 30.5. The lowest BCUT2D eigenvalue weighted by Gasteiger charge is -2.27. The normalized spacial score (nSPS) is 19.1. The van der Waals surface area contributed by atoms with E-state index in [2.05, 4.69) is 4.98 Å². The van der Waals surface area contributed by atoms with Gasteiger partial charge in [-0.15, -0.1) is 0 Å². The van der Waals surface area contributed by atoms with Gasteiger partial charge < -0.3 is 18.8 Å². The maximum absolute atomic E-state index is 12.6. The van der Waals surface area contributed by atoms with Gasteiger partial charge >= 0.3 is 12.1 Å². The molecule has 29 heavy (non-hydrogen) atoms. The van der Waals surface area contributed by atoms with E-state index in [-0.39, 0.29) is 12.6 Å². The quantitative estimate of drug-likeness (QED) is 0.733. The number of methoxy groups -OCH3 is 1. The van der Waals surface area contributed by atoms with Crippen molar-refractivity contribution in [2.75, 3.05) is 13.7 Å². The van der Waals surface area contributed by atoms with Gasteiger partial charge in [0.15, 0.2) is 0 Å². The first-order chi connectivity index (χ1) is 13.7. The Balaban J connectivity index is 1.75. The molecule has 0 aromatic carbocycles. The molecule has 8 nitrogen and oxygen atoms in total. The third-order valence-corrected chi connectivity index (χ3v) is 4.60. The number of aryl methyl sites for hydroxylation is 1. The maximum atomic E-state index is 12.6. The number of esters is 1. The molecular formula is C21H27N3O5. The first-order valence-electron chi connectivity index (χ1n) is 9.50. The lowest BCUT2D eigenvalue weighted by molar-refractivity contribution is -0.145. The van der Waals surface area contributed by atoms with Crippen LogP contribution in [0.1, 0.15) is 27.2 Å². The predicted molar refractivity (Wildman–Crippen MR) is 106 cm³/mol. The lowest BCUT2D eigenvalue weighted by Crippen LogP contribution is -2.44. The molecule has 2 aromatic rings. The van der Waals surface area contributed by atoms with Gasteiger partial charge in [0.25, 0.3) is 0 Å². The average molecular weight is 401 g/mol. The molecule has 0 bridgehead atoms. The second kappa shape index (κ2) is 8.14. The van der Waals surface area contributed by atoms with E-state index in [1.54, 1.807) is 33.0 Å². The molecule has 2 unspecified atom stereocenters. The highest BCUT2D eigenvalue weighted by Crippen LogP contribution is 2.28. The van der Waals surface area contributed by atoms with Crippen LogP contribution in [0.5, 0.6) is 5.75 Å². The van der Waals surface area contributed by atoms with Crippen LogP contribution in [0.2, 0.25) is 0 Å². The Hall–Kier alpha value is -3.03. The fraction of sp³-hybridized carbons (Fsp3) is 0.476. The van der Waals surface area contributed by atoms with E-state index in [0.717, 1.165) is 11.4 Å². The van der Waals surface area contributed by atoms with Crippen molar-refractivity contribution >= 4 is 12.1 Å². The number of carbonyl (C=O) groups excluding carboxylic acids is 2. The first-order valence-corrected chi connectivity index (χ1v) is 9.50. The van der Waals surface area contributed by atoms with E-state index in [1.807, 2.05) is 36.0 Å². The highest BCUT2D eigenvalue weighted by Gasteiger charge is 2.43. The third-order valence-electron chi connectivity index (χ3n) is 4.60. The zero-order valence-electron chi connectivity index (χ0n) is 17.4. The van der Waals surface area contributed by atoms with E-state index in [9.17, 15) is 9.59 Å². The summed E-state index contributed by atoms with van der Waals surface area (Å²) >= 11 is 0. The van der Waals surface area contributed by atoms with Crippen LogP contribution in [0, 0.1) is 0 Å². The molecule has 2 atom stereocenters. The zero-order valence-corrected chi connectivity index (χ0v) is 17.4. The van der Waals surface area contributed by atoms with Crippen LogP contribution >= 0.6 is 0 Å². The van der Waals surface area contributed by atoms with E-state index < -0.39 is 23.7 Å². The Bertz CT molecular complexity index is 886. The summed E-state index contributed by atoms with van der Waals surface area (Å²) in [5.41, 5.74) is 1.08. The van der Waals surface area contributed by atoms with Crippen molar-refractivity contribution in [3.05, 3.63) is 36.7 Å². The molecule has 8 heteroatoms. The van der Waals surface area contributed by atoms with Gasteiger partial charge in [0.1, 0.15) is 23.5 Å². The Morgan fingerprint density at radius 2 is 2.00 bits per heavy atom. The number of aromatic nitrogens is 2. The lowest BCUT2D eigenvalue weighted by atomic mass is 10.2. The fourth-order valence-electron chi connectivity index (χ4n) is 3.31. The van der Waals surface area contributed by atoms with E-state index >= 15 is 0 Å². The topological polar surface area (TPSA) is 82.9 Å². The van der Waals surface area contributed by atoms with Crippen molar-refractivity contribution < 1.29 is 23.8 Å². The van der Waals surface area contributed by atoms with Crippen molar-refractivity contribution in [2.24, 2.45) is 7.05 Å². The molecule has 0 radical (unpaired) electrons. The summed E-state index contributed by atoms with van der Waals surface area (Å²) in [6.07, 6.45) is 3.03. The number of likely N-dealkylation sites (tertiary alicyclic amines) is 1. The minimum atomic E-state index is -0.742. The first kappa shape index (κ1) is 20.7. The summed E-state index contributed by atoms with van der Waals surface area (Å²) < 4.78 is 18.4. The van der Waals surface area contributed by atoms with E-state index in [4.69, 9.17) is 14.2 Å². The molecule has 1 aliphatic rings. The maximum Gasteiger partial charge on any atom is 0.411 e. The predicted octanol–water partition coefficient (Wildman–Crippen LogP) is 3.02.